The van der Waals surface area contributed by atoms with Gasteiger partial charge in [-0.2, -0.15) is 13.2 Å². The van der Waals surface area contributed by atoms with Crippen LogP contribution in [-0.4, -0.2) is 4.57 Å². The van der Waals surface area contributed by atoms with Gasteiger partial charge in [-0.3, -0.25) is 0 Å². The van der Waals surface area contributed by atoms with Gasteiger partial charge >= 0.3 is 6.18 Å². The van der Waals surface area contributed by atoms with Crippen molar-refractivity contribution in [1.82, 2.24) is 4.57 Å². The van der Waals surface area contributed by atoms with Gasteiger partial charge in [-0.25, -0.2) is 0 Å². The number of rotatable bonds is 1. The zero-order valence-electron chi connectivity index (χ0n) is 8.48. The molecule has 86 valence electrons. The van der Waals surface area contributed by atoms with E-state index in [2.05, 4.69) is 22.6 Å². The third-order valence-corrected chi connectivity index (χ3v) is 3.36. The fourth-order valence-corrected chi connectivity index (χ4v) is 2.48. The Balaban J connectivity index is 2.69. The van der Waals surface area contributed by atoms with E-state index in [1.807, 2.05) is 17.7 Å². The molecule has 0 N–H and O–H groups in total. The van der Waals surface area contributed by atoms with E-state index in [-0.39, 0.29) is 0 Å². The fourth-order valence-electron chi connectivity index (χ4n) is 1.69. The van der Waals surface area contributed by atoms with Crippen LogP contribution in [0, 0.1) is 3.57 Å². The van der Waals surface area contributed by atoms with Crippen molar-refractivity contribution in [2.24, 2.45) is 0 Å². The average Bonchev–Trinajstić information content (AvgIpc) is 2.54. The molecule has 16 heavy (non-hydrogen) atoms. The Kier molecular flexibility index (Phi) is 2.90. The van der Waals surface area contributed by atoms with E-state index in [9.17, 15) is 13.2 Å². The molecule has 0 aliphatic carbocycles. The molecule has 1 nitrogen and oxygen atoms in total. The van der Waals surface area contributed by atoms with Gasteiger partial charge in [-0.05, 0) is 41.6 Å². The number of alkyl halides is 3. The summed E-state index contributed by atoms with van der Waals surface area (Å²) in [5, 5.41) is 0.871. The van der Waals surface area contributed by atoms with E-state index < -0.39 is 11.7 Å². The highest BCUT2D eigenvalue weighted by molar-refractivity contribution is 14.1. The summed E-state index contributed by atoms with van der Waals surface area (Å²) in [5.74, 6) is 0. The largest absolute Gasteiger partial charge is 0.416 e. The minimum atomic E-state index is -4.28. The summed E-state index contributed by atoms with van der Waals surface area (Å²) in [5.41, 5.74) is 0.0472. The first kappa shape index (κ1) is 11.8. The lowest BCUT2D eigenvalue weighted by Gasteiger charge is -2.07. The zero-order chi connectivity index (χ0) is 11.9. The number of benzene rings is 1. The second-order valence-electron chi connectivity index (χ2n) is 3.49. The van der Waals surface area contributed by atoms with Crippen molar-refractivity contribution in [3.05, 3.63) is 33.5 Å². The molecule has 1 aromatic heterocycles. The second kappa shape index (κ2) is 3.94. The van der Waals surface area contributed by atoms with E-state index in [1.165, 1.54) is 12.1 Å². The summed E-state index contributed by atoms with van der Waals surface area (Å²) in [7, 11) is 0. The van der Waals surface area contributed by atoms with E-state index >= 15 is 0 Å². The topological polar surface area (TPSA) is 4.93 Å². The molecule has 0 radical (unpaired) electrons. The van der Waals surface area contributed by atoms with Crippen molar-refractivity contribution >= 4 is 33.5 Å². The molecule has 0 bridgehead atoms. The molecular formula is C11H9F3IN. The SMILES string of the molecule is CCn1cc(I)c2ccc(C(F)(F)F)cc21. The number of hydrogen-bond donors (Lipinski definition) is 0. The zero-order valence-corrected chi connectivity index (χ0v) is 10.6. The normalized spacial score (nSPS) is 12.3. The molecule has 0 saturated heterocycles. The van der Waals surface area contributed by atoms with Gasteiger partial charge in [0, 0.05) is 27.2 Å². The maximum Gasteiger partial charge on any atom is 0.416 e. The van der Waals surface area contributed by atoms with Gasteiger partial charge in [0.05, 0.1) is 5.56 Å². The lowest BCUT2D eigenvalue weighted by Crippen LogP contribution is -2.04. The summed E-state index contributed by atoms with van der Waals surface area (Å²) in [6.07, 6.45) is -2.41. The van der Waals surface area contributed by atoms with E-state index in [1.54, 1.807) is 0 Å². The van der Waals surface area contributed by atoms with Crippen molar-refractivity contribution in [2.45, 2.75) is 19.6 Å². The Labute approximate surface area is 104 Å². The summed E-state index contributed by atoms with van der Waals surface area (Å²) < 4.78 is 40.4. The average molecular weight is 339 g/mol. The van der Waals surface area contributed by atoms with E-state index in [0.717, 1.165) is 15.0 Å². The summed E-state index contributed by atoms with van der Waals surface area (Å²) in [6.45, 7) is 2.58. The number of fused-ring (bicyclic) bond motifs is 1. The molecule has 0 unspecified atom stereocenters. The van der Waals surface area contributed by atoms with Gasteiger partial charge < -0.3 is 4.57 Å². The number of aryl methyl sites for hydroxylation is 1. The Morgan fingerprint density at radius 1 is 1.31 bits per heavy atom. The predicted octanol–water partition coefficient (Wildman–Crippen LogP) is 4.28. The molecule has 0 atom stereocenters. The minimum absolute atomic E-state index is 0.593. The molecule has 0 fully saturated rings. The van der Waals surface area contributed by atoms with Gasteiger partial charge in [-0.15, -0.1) is 0 Å². The molecular weight excluding hydrogens is 330 g/mol. The van der Waals surface area contributed by atoms with Gasteiger partial charge in [0.2, 0.25) is 0 Å². The molecule has 0 aliphatic rings. The van der Waals surface area contributed by atoms with Crippen molar-refractivity contribution in [2.75, 3.05) is 0 Å². The number of nitrogens with zero attached hydrogens (tertiary/aromatic N) is 1. The molecule has 2 rings (SSSR count). The second-order valence-corrected chi connectivity index (χ2v) is 4.65. The number of halogens is 4. The van der Waals surface area contributed by atoms with Crippen molar-refractivity contribution in [3.63, 3.8) is 0 Å². The van der Waals surface area contributed by atoms with Crippen LogP contribution >= 0.6 is 22.6 Å². The first-order chi connectivity index (χ1) is 7.43. The molecule has 1 heterocycles. The summed E-state index contributed by atoms with van der Waals surface area (Å²) in [4.78, 5) is 0. The van der Waals surface area contributed by atoms with Crippen molar-refractivity contribution in [3.8, 4) is 0 Å². The molecule has 5 heteroatoms. The Morgan fingerprint density at radius 3 is 2.56 bits per heavy atom. The molecule has 1 aromatic carbocycles. The van der Waals surface area contributed by atoms with Crippen LogP contribution in [-0.2, 0) is 12.7 Å². The molecule has 2 aromatic rings. The van der Waals surface area contributed by atoms with Crippen molar-refractivity contribution < 1.29 is 13.2 Å². The Bertz CT molecular complexity index is 528. The van der Waals surface area contributed by atoms with Crippen LogP contribution in [0.5, 0.6) is 0 Å². The lowest BCUT2D eigenvalue weighted by atomic mass is 10.1. The lowest BCUT2D eigenvalue weighted by molar-refractivity contribution is -0.137. The molecule has 0 spiro atoms. The van der Waals surface area contributed by atoms with Crippen LogP contribution in [0.3, 0.4) is 0 Å². The van der Waals surface area contributed by atoms with Crippen LogP contribution < -0.4 is 0 Å². The van der Waals surface area contributed by atoms with E-state index in [4.69, 9.17) is 0 Å². The first-order valence-electron chi connectivity index (χ1n) is 4.79. The molecule has 0 aliphatic heterocycles. The Hall–Kier alpha value is -0.720. The summed E-state index contributed by atoms with van der Waals surface area (Å²) >= 11 is 2.13. The maximum absolute atomic E-state index is 12.5. The standard InChI is InChI=1S/C11H9F3IN/c1-2-16-6-9(15)8-4-3-7(5-10(8)16)11(12,13)14/h3-6H,2H2,1H3. The predicted molar refractivity (Wildman–Crippen MR) is 65.3 cm³/mol. The van der Waals surface area contributed by atoms with Crippen LogP contribution in [0.4, 0.5) is 13.2 Å². The van der Waals surface area contributed by atoms with Gasteiger partial charge in [0.15, 0.2) is 0 Å². The van der Waals surface area contributed by atoms with Crippen LogP contribution in [0.1, 0.15) is 12.5 Å². The third kappa shape index (κ3) is 1.92. The number of hydrogen-bond acceptors (Lipinski definition) is 0. The molecule has 0 amide bonds. The summed E-state index contributed by atoms with van der Waals surface area (Å²) in [6, 6.07) is 3.87. The highest BCUT2D eigenvalue weighted by atomic mass is 127. The highest BCUT2D eigenvalue weighted by Gasteiger charge is 2.30. The smallest absolute Gasteiger partial charge is 0.347 e. The highest BCUT2D eigenvalue weighted by Crippen LogP contribution is 2.33. The first-order valence-corrected chi connectivity index (χ1v) is 5.87. The Morgan fingerprint density at radius 2 is 2.00 bits per heavy atom. The minimum Gasteiger partial charge on any atom is -0.347 e. The van der Waals surface area contributed by atoms with Crippen LogP contribution in [0.25, 0.3) is 10.9 Å². The number of aromatic nitrogens is 1. The fraction of sp³-hybridized carbons (Fsp3) is 0.273. The van der Waals surface area contributed by atoms with Gasteiger partial charge in [-0.1, -0.05) is 6.07 Å². The van der Waals surface area contributed by atoms with Gasteiger partial charge in [0.25, 0.3) is 0 Å². The monoisotopic (exact) mass is 339 g/mol. The van der Waals surface area contributed by atoms with Crippen LogP contribution in [0.15, 0.2) is 24.4 Å². The van der Waals surface area contributed by atoms with Crippen LogP contribution in [0.2, 0.25) is 0 Å². The molecule has 0 saturated carbocycles. The third-order valence-electron chi connectivity index (χ3n) is 2.50. The maximum atomic E-state index is 12.5. The van der Waals surface area contributed by atoms with Gasteiger partial charge in [0.1, 0.15) is 0 Å². The quantitative estimate of drug-likeness (QED) is 0.684. The van der Waals surface area contributed by atoms with E-state index in [0.29, 0.717) is 12.1 Å². The van der Waals surface area contributed by atoms with Crippen molar-refractivity contribution in [1.29, 1.82) is 0 Å².